The largest absolute Gasteiger partial charge is 0.504 e. The summed E-state index contributed by atoms with van der Waals surface area (Å²) in [4.78, 5) is 4.67. The predicted octanol–water partition coefficient (Wildman–Crippen LogP) is 4.14. The number of methoxy groups -OCH3 is 1. The molecule has 1 heterocycles. The number of anilines is 1. The topological polar surface area (TPSA) is 35.9 Å². The number of hydrogen-bond donors (Lipinski definition) is 1. The fourth-order valence-corrected chi connectivity index (χ4v) is 3.65. The molecule has 0 radical (unpaired) electrons. The summed E-state index contributed by atoms with van der Waals surface area (Å²) in [7, 11) is 1.56. The van der Waals surface area contributed by atoms with Crippen molar-refractivity contribution in [1.82, 2.24) is 4.90 Å². The second-order valence-corrected chi connectivity index (χ2v) is 7.21. The van der Waals surface area contributed by atoms with Crippen LogP contribution in [0.2, 0.25) is 5.02 Å². The molecule has 2 aromatic carbocycles. The Morgan fingerprint density at radius 1 is 1.17 bits per heavy atom. The lowest BCUT2D eigenvalue weighted by Crippen LogP contribution is -2.45. The first kappa shape index (κ1) is 17.4. The molecule has 6 heteroatoms. The second kappa shape index (κ2) is 7.64. The van der Waals surface area contributed by atoms with Gasteiger partial charge in [0.15, 0.2) is 11.5 Å². The Labute approximate surface area is 155 Å². The minimum atomic E-state index is 0.220. The van der Waals surface area contributed by atoms with Crippen LogP contribution < -0.4 is 9.64 Å². The maximum Gasteiger partial charge on any atom is 0.162 e. The van der Waals surface area contributed by atoms with Gasteiger partial charge in [-0.15, -0.1) is 0 Å². The minimum Gasteiger partial charge on any atom is -0.504 e. The SMILES string of the molecule is COc1cc(Br)cc(CN2CCN(c3cccc(Cl)c3)CC2)c1O. The lowest BCUT2D eigenvalue weighted by molar-refractivity contribution is 0.245. The van der Waals surface area contributed by atoms with Gasteiger partial charge in [0.05, 0.1) is 7.11 Å². The van der Waals surface area contributed by atoms with Crippen LogP contribution in [-0.2, 0) is 6.54 Å². The van der Waals surface area contributed by atoms with E-state index in [0.717, 1.165) is 46.9 Å². The Bertz CT molecular complexity index is 718. The van der Waals surface area contributed by atoms with Gasteiger partial charge in [-0.2, -0.15) is 0 Å². The van der Waals surface area contributed by atoms with E-state index in [1.165, 1.54) is 0 Å². The van der Waals surface area contributed by atoms with E-state index in [1.807, 2.05) is 24.3 Å². The summed E-state index contributed by atoms with van der Waals surface area (Å²) in [5, 5.41) is 11.1. The van der Waals surface area contributed by atoms with E-state index in [-0.39, 0.29) is 5.75 Å². The summed E-state index contributed by atoms with van der Waals surface area (Å²) in [6.45, 7) is 4.44. The first-order chi connectivity index (χ1) is 11.6. The predicted molar refractivity (Wildman–Crippen MR) is 101 cm³/mol. The van der Waals surface area contributed by atoms with Crippen molar-refractivity contribution in [2.75, 3.05) is 38.2 Å². The average molecular weight is 412 g/mol. The Morgan fingerprint density at radius 3 is 2.58 bits per heavy atom. The van der Waals surface area contributed by atoms with E-state index >= 15 is 0 Å². The number of phenols is 1. The Kier molecular flexibility index (Phi) is 5.54. The summed E-state index contributed by atoms with van der Waals surface area (Å²) in [6, 6.07) is 11.7. The highest BCUT2D eigenvalue weighted by Gasteiger charge is 2.19. The molecule has 0 bridgehead atoms. The van der Waals surface area contributed by atoms with Crippen molar-refractivity contribution >= 4 is 33.2 Å². The second-order valence-electron chi connectivity index (χ2n) is 5.86. The van der Waals surface area contributed by atoms with Crippen LogP contribution in [0.1, 0.15) is 5.56 Å². The number of halogens is 2. The van der Waals surface area contributed by atoms with Gasteiger partial charge in [-0.05, 0) is 30.3 Å². The van der Waals surface area contributed by atoms with Gasteiger partial charge in [-0.25, -0.2) is 0 Å². The van der Waals surface area contributed by atoms with Crippen LogP contribution in [0.25, 0.3) is 0 Å². The molecule has 0 aromatic heterocycles. The first-order valence-corrected chi connectivity index (χ1v) is 9.02. The van der Waals surface area contributed by atoms with Crippen molar-refractivity contribution < 1.29 is 9.84 Å². The van der Waals surface area contributed by atoms with Crippen LogP contribution in [0.5, 0.6) is 11.5 Å². The number of rotatable bonds is 4. The van der Waals surface area contributed by atoms with E-state index in [9.17, 15) is 5.11 Å². The number of hydrogen-bond acceptors (Lipinski definition) is 4. The van der Waals surface area contributed by atoms with Crippen LogP contribution in [0, 0.1) is 0 Å². The van der Waals surface area contributed by atoms with Gasteiger partial charge in [0.1, 0.15) is 0 Å². The van der Waals surface area contributed by atoms with Gasteiger partial charge in [-0.3, -0.25) is 4.90 Å². The molecule has 2 aromatic rings. The van der Waals surface area contributed by atoms with E-state index in [1.54, 1.807) is 13.2 Å². The number of ether oxygens (including phenoxy) is 1. The molecule has 0 unspecified atom stereocenters. The highest BCUT2D eigenvalue weighted by atomic mass is 79.9. The number of benzene rings is 2. The van der Waals surface area contributed by atoms with E-state index in [2.05, 4.69) is 31.8 Å². The highest BCUT2D eigenvalue weighted by Crippen LogP contribution is 2.34. The normalized spacial score (nSPS) is 15.5. The summed E-state index contributed by atoms with van der Waals surface area (Å²) in [5.74, 6) is 0.718. The van der Waals surface area contributed by atoms with Crippen molar-refractivity contribution in [3.63, 3.8) is 0 Å². The third kappa shape index (κ3) is 3.97. The van der Waals surface area contributed by atoms with Crippen LogP contribution in [0.3, 0.4) is 0 Å². The summed E-state index contributed by atoms with van der Waals surface area (Å²) in [5.41, 5.74) is 2.03. The van der Waals surface area contributed by atoms with E-state index < -0.39 is 0 Å². The van der Waals surface area contributed by atoms with Crippen molar-refractivity contribution in [1.29, 1.82) is 0 Å². The molecule has 0 atom stereocenters. The molecular weight excluding hydrogens is 392 g/mol. The molecule has 0 aliphatic carbocycles. The number of piperazine rings is 1. The summed E-state index contributed by atoms with van der Waals surface area (Å²) >= 11 is 9.55. The van der Waals surface area contributed by atoms with E-state index in [0.29, 0.717) is 12.3 Å². The number of phenolic OH excluding ortho intramolecular Hbond substituents is 1. The molecule has 0 saturated carbocycles. The standard InChI is InChI=1S/C18H20BrClN2O2/c1-24-17-10-14(19)9-13(18(17)23)12-21-5-7-22(8-6-21)16-4-2-3-15(20)11-16/h2-4,9-11,23H,5-8,12H2,1H3. The molecule has 1 fully saturated rings. The summed E-state index contributed by atoms with van der Waals surface area (Å²) < 4.78 is 6.13. The third-order valence-corrected chi connectivity index (χ3v) is 4.97. The number of aromatic hydroxyl groups is 1. The van der Waals surface area contributed by atoms with Gasteiger partial charge in [0.2, 0.25) is 0 Å². The Balaban J connectivity index is 1.65. The Hall–Kier alpha value is -1.43. The molecule has 24 heavy (non-hydrogen) atoms. The van der Waals surface area contributed by atoms with Gasteiger partial charge in [0, 0.05) is 53.5 Å². The lowest BCUT2D eigenvalue weighted by Gasteiger charge is -2.36. The molecule has 4 nitrogen and oxygen atoms in total. The van der Waals surface area contributed by atoms with Crippen LogP contribution in [-0.4, -0.2) is 43.3 Å². The van der Waals surface area contributed by atoms with Gasteiger partial charge in [0.25, 0.3) is 0 Å². The highest BCUT2D eigenvalue weighted by molar-refractivity contribution is 9.10. The molecule has 1 saturated heterocycles. The number of nitrogens with zero attached hydrogens (tertiary/aromatic N) is 2. The first-order valence-electron chi connectivity index (χ1n) is 7.85. The molecule has 1 N–H and O–H groups in total. The average Bonchev–Trinajstić information content (AvgIpc) is 2.58. The smallest absolute Gasteiger partial charge is 0.162 e. The molecule has 0 spiro atoms. The van der Waals surface area contributed by atoms with Crippen molar-refractivity contribution in [2.45, 2.75) is 6.54 Å². The van der Waals surface area contributed by atoms with E-state index in [4.69, 9.17) is 16.3 Å². The zero-order valence-electron chi connectivity index (χ0n) is 13.5. The molecule has 0 amide bonds. The molecule has 3 rings (SSSR count). The van der Waals surface area contributed by atoms with Gasteiger partial charge >= 0.3 is 0 Å². The summed E-state index contributed by atoms with van der Waals surface area (Å²) in [6.07, 6.45) is 0. The molecule has 1 aliphatic rings. The van der Waals surface area contributed by atoms with Gasteiger partial charge < -0.3 is 14.7 Å². The fraction of sp³-hybridized carbons (Fsp3) is 0.333. The lowest BCUT2D eigenvalue weighted by atomic mass is 10.1. The third-order valence-electron chi connectivity index (χ3n) is 4.28. The molecular formula is C18H20BrClN2O2. The quantitative estimate of drug-likeness (QED) is 0.820. The minimum absolute atomic E-state index is 0.220. The van der Waals surface area contributed by atoms with Gasteiger partial charge in [-0.1, -0.05) is 33.6 Å². The fourth-order valence-electron chi connectivity index (χ4n) is 2.98. The van der Waals surface area contributed by atoms with Crippen molar-refractivity contribution in [2.24, 2.45) is 0 Å². The van der Waals surface area contributed by atoms with Crippen LogP contribution in [0.15, 0.2) is 40.9 Å². The zero-order valence-corrected chi connectivity index (χ0v) is 15.8. The molecule has 1 aliphatic heterocycles. The van der Waals surface area contributed by atoms with Crippen molar-refractivity contribution in [3.8, 4) is 11.5 Å². The van der Waals surface area contributed by atoms with Crippen LogP contribution in [0.4, 0.5) is 5.69 Å². The monoisotopic (exact) mass is 410 g/mol. The van der Waals surface area contributed by atoms with Crippen molar-refractivity contribution in [3.05, 3.63) is 51.5 Å². The van der Waals surface area contributed by atoms with Crippen LogP contribution >= 0.6 is 27.5 Å². The Morgan fingerprint density at radius 2 is 1.92 bits per heavy atom. The molecule has 128 valence electrons. The maximum atomic E-state index is 10.3. The zero-order chi connectivity index (χ0) is 17.1. The maximum absolute atomic E-state index is 10.3.